The molecule has 2 aromatic carbocycles. The fourth-order valence-corrected chi connectivity index (χ4v) is 3.33. The minimum Gasteiger partial charge on any atom is -0.505 e. The summed E-state index contributed by atoms with van der Waals surface area (Å²) in [5.74, 6) is -0.642. The van der Waals surface area contributed by atoms with E-state index in [-0.39, 0.29) is 34.8 Å². The summed E-state index contributed by atoms with van der Waals surface area (Å²) in [6.07, 6.45) is 0. The number of fused-ring (bicyclic) bond motifs is 1. The number of aryl methyl sites for hydroxylation is 1. The first kappa shape index (κ1) is 19.9. The van der Waals surface area contributed by atoms with Crippen molar-refractivity contribution in [2.45, 2.75) is 20.8 Å². The standard InChI is InChI=1S/C19H16N6O3S/c1-9-17(20-4)19(25-29-9)24-23-14-8-15(22-11(3)27)18(28)12-6-5-7-13(16(12)14)21-10(2)26/h5-8,28H,1-3H3,(H,21,26)(H,22,27). The van der Waals surface area contributed by atoms with Crippen molar-refractivity contribution in [3.05, 3.63) is 40.6 Å². The summed E-state index contributed by atoms with van der Waals surface area (Å²) >= 11 is 1.15. The van der Waals surface area contributed by atoms with Crippen molar-refractivity contribution in [1.29, 1.82) is 0 Å². The van der Waals surface area contributed by atoms with E-state index in [0.29, 0.717) is 22.1 Å². The molecule has 0 fully saturated rings. The highest BCUT2D eigenvalue weighted by atomic mass is 32.1. The van der Waals surface area contributed by atoms with E-state index in [0.717, 1.165) is 16.4 Å². The van der Waals surface area contributed by atoms with Crippen LogP contribution in [0.25, 0.3) is 15.6 Å². The number of phenols is 1. The molecule has 0 saturated carbocycles. The summed E-state index contributed by atoms with van der Waals surface area (Å²) in [5.41, 5.74) is 1.17. The Morgan fingerprint density at radius 2 is 1.86 bits per heavy atom. The molecule has 2 amide bonds. The SMILES string of the molecule is [C-]#[N+]c1c(N=Nc2cc(NC(C)=O)c(O)c3cccc(NC(C)=O)c23)nsc1C. The zero-order chi connectivity index (χ0) is 21.1. The van der Waals surface area contributed by atoms with Gasteiger partial charge >= 0.3 is 0 Å². The van der Waals surface area contributed by atoms with Gasteiger partial charge in [0.2, 0.25) is 17.5 Å². The molecule has 0 aliphatic heterocycles. The average molecular weight is 408 g/mol. The molecule has 0 aliphatic carbocycles. The summed E-state index contributed by atoms with van der Waals surface area (Å²) in [7, 11) is 0. The van der Waals surface area contributed by atoms with Crippen LogP contribution in [0.15, 0.2) is 34.5 Å². The molecule has 1 aromatic heterocycles. The molecule has 3 N–H and O–H groups in total. The van der Waals surface area contributed by atoms with E-state index in [2.05, 4.69) is 30.1 Å². The Kier molecular flexibility index (Phi) is 5.52. The van der Waals surface area contributed by atoms with Gasteiger partial charge in [0, 0.05) is 29.5 Å². The van der Waals surface area contributed by atoms with Crippen LogP contribution in [0, 0.1) is 13.5 Å². The lowest BCUT2D eigenvalue weighted by Gasteiger charge is -2.14. The Morgan fingerprint density at radius 1 is 1.17 bits per heavy atom. The van der Waals surface area contributed by atoms with Gasteiger partial charge in [-0.25, -0.2) is 4.85 Å². The van der Waals surface area contributed by atoms with Crippen molar-refractivity contribution in [1.82, 2.24) is 4.37 Å². The molecular formula is C19H16N6O3S. The summed E-state index contributed by atoms with van der Waals surface area (Å²) < 4.78 is 4.12. The highest BCUT2D eigenvalue weighted by Crippen LogP contribution is 2.44. The smallest absolute Gasteiger partial charge is 0.247 e. The molecule has 0 atom stereocenters. The third kappa shape index (κ3) is 4.04. The van der Waals surface area contributed by atoms with Crippen molar-refractivity contribution < 1.29 is 14.7 Å². The second-order valence-corrected chi connectivity index (χ2v) is 7.08. The Balaban J connectivity index is 2.25. The van der Waals surface area contributed by atoms with Crippen LogP contribution in [0.2, 0.25) is 0 Å². The molecule has 146 valence electrons. The van der Waals surface area contributed by atoms with Gasteiger partial charge in [-0.1, -0.05) is 23.7 Å². The van der Waals surface area contributed by atoms with Gasteiger partial charge in [0.25, 0.3) is 0 Å². The quantitative estimate of drug-likeness (QED) is 0.312. The predicted molar refractivity (Wildman–Crippen MR) is 112 cm³/mol. The number of azo groups is 1. The van der Waals surface area contributed by atoms with Crippen LogP contribution in [-0.4, -0.2) is 21.3 Å². The summed E-state index contributed by atoms with van der Waals surface area (Å²) in [6.45, 7) is 11.7. The van der Waals surface area contributed by atoms with Crippen LogP contribution in [0.3, 0.4) is 0 Å². The third-order valence-electron chi connectivity index (χ3n) is 3.91. The van der Waals surface area contributed by atoms with Crippen LogP contribution >= 0.6 is 11.5 Å². The van der Waals surface area contributed by atoms with E-state index in [9.17, 15) is 14.7 Å². The highest BCUT2D eigenvalue weighted by molar-refractivity contribution is 7.06. The van der Waals surface area contributed by atoms with Gasteiger partial charge in [-0.15, -0.1) is 10.2 Å². The summed E-state index contributed by atoms with van der Waals surface area (Å²) in [5, 5.41) is 25.0. The maximum absolute atomic E-state index is 11.6. The van der Waals surface area contributed by atoms with Crippen molar-refractivity contribution >= 4 is 62.7 Å². The zero-order valence-corrected chi connectivity index (χ0v) is 16.6. The maximum Gasteiger partial charge on any atom is 0.247 e. The zero-order valence-electron chi connectivity index (χ0n) is 15.8. The number of phenolic OH excluding ortho intramolecular Hbond substituents is 1. The Morgan fingerprint density at radius 3 is 2.52 bits per heavy atom. The molecule has 10 heteroatoms. The molecule has 29 heavy (non-hydrogen) atoms. The number of aromatic hydroxyl groups is 1. The lowest BCUT2D eigenvalue weighted by Crippen LogP contribution is -2.07. The lowest BCUT2D eigenvalue weighted by atomic mass is 10.0. The Labute approximate surface area is 170 Å². The van der Waals surface area contributed by atoms with E-state index < -0.39 is 0 Å². The number of nitrogens with zero attached hydrogens (tertiary/aromatic N) is 4. The molecule has 3 aromatic rings. The summed E-state index contributed by atoms with van der Waals surface area (Å²) in [6, 6.07) is 6.41. The molecule has 1 heterocycles. The number of amides is 2. The van der Waals surface area contributed by atoms with E-state index in [4.69, 9.17) is 6.57 Å². The monoisotopic (exact) mass is 408 g/mol. The minimum atomic E-state index is -0.369. The number of carbonyl (C=O) groups excluding carboxylic acids is 2. The van der Waals surface area contributed by atoms with E-state index in [1.807, 2.05) is 0 Å². The maximum atomic E-state index is 11.6. The van der Waals surface area contributed by atoms with Crippen LogP contribution in [0.1, 0.15) is 18.7 Å². The van der Waals surface area contributed by atoms with Gasteiger partial charge in [0.1, 0.15) is 5.75 Å². The molecule has 0 unspecified atom stereocenters. The second-order valence-electron chi connectivity index (χ2n) is 6.11. The number of nitrogens with one attached hydrogen (secondary N) is 2. The molecule has 0 aliphatic rings. The largest absolute Gasteiger partial charge is 0.505 e. The number of hydrogen-bond donors (Lipinski definition) is 3. The van der Waals surface area contributed by atoms with Gasteiger partial charge in [0.05, 0.1) is 23.6 Å². The number of hydrogen-bond acceptors (Lipinski definition) is 7. The number of aromatic nitrogens is 1. The van der Waals surface area contributed by atoms with E-state index in [1.165, 1.54) is 19.9 Å². The van der Waals surface area contributed by atoms with Crippen LogP contribution in [-0.2, 0) is 9.59 Å². The fourth-order valence-electron chi connectivity index (χ4n) is 2.76. The molecule has 0 spiro atoms. The van der Waals surface area contributed by atoms with E-state index >= 15 is 0 Å². The van der Waals surface area contributed by atoms with Crippen molar-refractivity contribution in [3.63, 3.8) is 0 Å². The van der Waals surface area contributed by atoms with Crippen molar-refractivity contribution in [2.75, 3.05) is 10.6 Å². The Hall–Kier alpha value is -3.84. The molecule has 0 saturated heterocycles. The van der Waals surface area contributed by atoms with Crippen LogP contribution in [0.4, 0.5) is 28.6 Å². The lowest BCUT2D eigenvalue weighted by molar-refractivity contribution is -0.115. The van der Waals surface area contributed by atoms with Gasteiger partial charge in [-0.2, -0.15) is 4.37 Å². The van der Waals surface area contributed by atoms with Crippen LogP contribution in [0.5, 0.6) is 5.75 Å². The first-order chi connectivity index (χ1) is 13.8. The molecule has 9 nitrogen and oxygen atoms in total. The number of rotatable bonds is 4. The molecule has 0 bridgehead atoms. The number of anilines is 2. The molecular weight excluding hydrogens is 392 g/mol. The predicted octanol–water partition coefficient (Wildman–Crippen LogP) is 5.19. The van der Waals surface area contributed by atoms with Gasteiger partial charge in [-0.05, 0) is 19.1 Å². The van der Waals surface area contributed by atoms with Gasteiger partial charge < -0.3 is 15.7 Å². The minimum absolute atomic E-state index is 0.152. The fraction of sp³-hybridized carbons (Fsp3) is 0.158. The third-order valence-corrected chi connectivity index (χ3v) is 4.64. The first-order valence-electron chi connectivity index (χ1n) is 8.41. The first-order valence-corrected chi connectivity index (χ1v) is 9.18. The molecule has 3 rings (SSSR count). The number of carbonyl (C=O) groups is 2. The Bertz CT molecular complexity index is 1210. The van der Waals surface area contributed by atoms with Crippen molar-refractivity contribution in [2.24, 2.45) is 10.2 Å². The van der Waals surface area contributed by atoms with Gasteiger partial charge in [-0.3, -0.25) is 9.59 Å². The number of benzene rings is 2. The van der Waals surface area contributed by atoms with Crippen LogP contribution < -0.4 is 10.6 Å². The second kappa shape index (κ2) is 8.04. The topological polar surface area (TPSA) is 120 Å². The summed E-state index contributed by atoms with van der Waals surface area (Å²) in [4.78, 5) is 27.3. The highest BCUT2D eigenvalue weighted by Gasteiger charge is 2.17. The van der Waals surface area contributed by atoms with Gasteiger partial charge in [0.15, 0.2) is 5.82 Å². The average Bonchev–Trinajstić information content (AvgIpc) is 3.02. The van der Waals surface area contributed by atoms with Crippen molar-refractivity contribution in [3.8, 4) is 5.75 Å². The normalized spacial score (nSPS) is 10.8. The van der Waals surface area contributed by atoms with E-state index in [1.54, 1.807) is 25.1 Å². The molecule has 0 radical (unpaired) electrons.